The topological polar surface area (TPSA) is 133 Å². The number of anilines is 1. The molecular weight excluding hydrogens is 505 g/mol. The van der Waals surface area contributed by atoms with Gasteiger partial charge in [-0.25, -0.2) is 19.7 Å². The molecule has 0 spiro atoms. The largest absolute Gasteiger partial charge is 0.573 e. The van der Waals surface area contributed by atoms with E-state index in [9.17, 15) is 22.8 Å². The highest BCUT2D eigenvalue weighted by Gasteiger charge is 2.31. The van der Waals surface area contributed by atoms with Gasteiger partial charge >= 0.3 is 12.5 Å². The van der Waals surface area contributed by atoms with E-state index < -0.39 is 29.7 Å². The van der Waals surface area contributed by atoms with Crippen molar-refractivity contribution in [3.05, 3.63) is 42.2 Å². The summed E-state index contributed by atoms with van der Waals surface area (Å²) in [6.07, 6.45) is -2.48. The molecule has 1 aliphatic rings. The lowest BCUT2D eigenvalue weighted by Crippen LogP contribution is -2.47. The number of alkyl halides is 3. The van der Waals surface area contributed by atoms with E-state index in [4.69, 9.17) is 10.5 Å². The Balaban J connectivity index is 1.65. The van der Waals surface area contributed by atoms with Crippen molar-refractivity contribution in [3.8, 4) is 17.0 Å². The molecule has 202 valence electrons. The lowest BCUT2D eigenvalue weighted by Gasteiger charge is -2.34. The number of likely N-dealkylation sites (tertiary alicyclic amines) is 1. The van der Waals surface area contributed by atoms with Crippen LogP contribution in [0.3, 0.4) is 0 Å². The van der Waals surface area contributed by atoms with E-state index >= 15 is 0 Å². The molecule has 1 aliphatic heterocycles. The van der Waals surface area contributed by atoms with Crippen LogP contribution >= 0.6 is 0 Å². The zero-order valence-electron chi connectivity index (χ0n) is 21.0. The van der Waals surface area contributed by atoms with Gasteiger partial charge in [-0.05, 0) is 63.9 Å². The second-order valence-corrected chi connectivity index (χ2v) is 9.82. The average Bonchev–Trinajstić information content (AvgIpc) is 2.82. The first-order valence-electron chi connectivity index (χ1n) is 11.9. The molecule has 1 fully saturated rings. The summed E-state index contributed by atoms with van der Waals surface area (Å²) in [5, 5.41) is 3.29. The minimum atomic E-state index is -4.82. The number of hydrogen-bond donors (Lipinski definition) is 2. The summed E-state index contributed by atoms with van der Waals surface area (Å²) in [7, 11) is 0. The van der Waals surface area contributed by atoms with Crippen molar-refractivity contribution < 1.29 is 32.2 Å². The molecule has 2 amide bonds. The van der Waals surface area contributed by atoms with Crippen molar-refractivity contribution in [1.29, 1.82) is 0 Å². The Morgan fingerprint density at radius 3 is 2.45 bits per heavy atom. The molecule has 1 atom stereocenters. The summed E-state index contributed by atoms with van der Waals surface area (Å²) in [6, 6.07) is 6.30. The number of carbonyl (C=O) groups is 2. The first-order valence-corrected chi connectivity index (χ1v) is 11.9. The molecule has 3 N–H and O–H groups in total. The number of aromatic nitrogens is 3. The smallest absolute Gasteiger partial charge is 0.444 e. The van der Waals surface area contributed by atoms with Gasteiger partial charge in [0.15, 0.2) is 5.82 Å². The van der Waals surface area contributed by atoms with Crippen LogP contribution in [-0.4, -0.2) is 62.9 Å². The second kappa shape index (κ2) is 10.3. The van der Waals surface area contributed by atoms with E-state index in [0.29, 0.717) is 24.5 Å². The third kappa shape index (κ3) is 6.58. The highest BCUT2D eigenvalue weighted by Crippen LogP contribution is 2.30. The molecule has 0 radical (unpaired) electrons. The van der Waals surface area contributed by atoms with E-state index in [-0.39, 0.29) is 28.3 Å². The number of amides is 2. The van der Waals surface area contributed by atoms with Crippen molar-refractivity contribution in [3.63, 3.8) is 0 Å². The van der Waals surface area contributed by atoms with Crippen LogP contribution in [0, 0.1) is 0 Å². The number of nitrogens with one attached hydrogen (secondary N) is 1. The summed E-state index contributed by atoms with van der Waals surface area (Å²) in [4.78, 5) is 39.5. The van der Waals surface area contributed by atoms with Gasteiger partial charge in [0.25, 0.3) is 5.91 Å². The van der Waals surface area contributed by atoms with Gasteiger partial charge in [-0.15, -0.1) is 13.2 Å². The molecular formula is C25H27F3N6O4. The number of nitrogens with zero attached hydrogens (tertiary/aromatic N) is 4. The lowest BCUT2D eigenvalue weighted by molar-refractivity contribution is -0.274. The van der Waals surface area contributed by atoms with Crippen LogP contribution in [0.5, 0.6) is 5.75 Å². The fourth-order valence-corrected chi connectivity index (χ4v) is 4.09. The Morgan fingerprint density at radius 1 is 1.11 bits per heavy atom. The quantitative estimate of drug-likeness (QED) is 0.491. The van der Waals surface area contributed by atoms with Crippen molar-refractivity contribution in [2.24, 2.45) is 5.73 Å². The number of halogens is 3. The highest BCUT2D eigenvalue weighted by molar-refractivity contribution is 6.06. The van der Waals surface area contributed by atoms with Gasteiger partial charge in [-0.3, -0.25) is 4.79 Å². The van der Waals surface area contributed by atoms with Crippen LogP contribution in [0.1, 0.15) is 44.0 Å². The average molecular weight is 533 g/mol. The van der Waals surface area contributed by atoms with E-state index in [1.54, 1.807) is 25.7 Å². The minimum absolute atomic E-state index is 0.0742. The number of benzene rings is 1. The van der Waals surface area contributed by atoms with Gasteiger partial charge in [-0.2, -0.15) is 0 Å². The molecule has 10 nitrogen and oxygen atoms in total. The van der Waals surface area contributed by atoms with Gasteiger partial charge in [-0.1, -0.05) is 0 Å². The van der Waals surface area contributed by atoms with Crippen LogP contribution < -0.4 is 15.8 Å². The molecule has 1 saturated heterocycles. The second-order valence-electron chi connectivity index (χ2n) is 9.82. The summed E-state index contributed by atoms with van der Waals surface area (Å²) in [6.45, 7) is 6.32. The van der Waals surface area contributed by atoms with Gasteiger partial charge < -0.3 is 25.4 Å². The third-order valence-corrected chi connectivity index (χ3v) is 5.65. The number of primary amides is 1. The molecule has 0 bridgehead atoms. The summed E-state index contributed by atoms with van der Waals surface area (Å²) in [5.74, 6) is -0.823. The number of ether oxygens (including phenoxy) is 2. The van der Waals surface area contributed by atoms with E-state index in [1.165, 1.54) is 24.5 Å². The normalized spacial score (nSPS) is 16.3. The molecule has 2 aromatic heterocycles. The fourth-order valence-electron chi connectivity index (χ4n) is 4.09. The molecule has 1 aromatic carbocycles. The SMILES string of the molecule is CC(C)(C)OC(=O)N1CCC[C@H](Nc2ncnc3c(C(N)=O)cc(-c4ccc(OC(F)(F)F)cc4)nc23)C1. The molecule has 13 heteroatoms. The predicted octanol–water partition coefficient (Wildman–Crippen LogP) is 4.50. The maximum absolute atomic E-state index is 12.6. The van der Waals surface area contributed by atoms with Crippen molar-refractivity contribution in [2.75, 3.05) is 18.4 Å². The number of piperidine rings is 1. The number of nitrogens with two attached hydrogens (primary N) is 1. The molecule has 38 heavy (non-hydrogen) atoms. The van der Waals surface area contributed by atoms with Crippen LogP contribution in [-0.2, 0) is 4.74 Å². The van der Waals surface area contributed by atoms with Gasteiger partial charge in [0.2, 0.25) is 0 Å². The summed E-state index contributed by atoms with van der Waals surface area (Å²) >= 11 is 0. The Labute approximate surface area is 216 Å². The molecule has 4 rings (SSSR count). The summed E-state index contributed by atoms with van der Waals surface area (Å²) in [5.41, 5.74) is 6.23. The molecule has 3 heterocycles. The van der Waals surface area contributed by atoms with Crippen molar-refractivity contribution in [2.45, 2.75) is 51.6 Å². The van der Waals surface area contributed by atoms with Crippen LogP contribution in [0.25, 0.3) is 22.3 Å². The Kier molecular flexibility index (Phi) is 7.29. The van der Waals surface area contributed by atoms with E-state index in [0.717, 1.165) is 25.0 Å². The Bertz CT molecular complexity index is 1340. The maximum atomic E-state index is 12.6. The molecule has 0 unspecified atom stereocenters. The number of pyridine rings is 1. The molecule has 3 aromatic rings. The zero-order chi connectivity index (χ0) is 27.7. The van der Waals surface area contributed by atoms with Gasteiger partial charge in [0.1, 0.15) is 28.7 Å². The maximum Gasteiger partial charge on any atom is 0.573 e. The monoisotopic (exact) mass is 532 g/mol. The first kappa shape index (κ1) is 26.9. The Hall–Kier alpha value is -4.16. The lowest BCUT2D eigenvalue weighted by atomic mass is 10.0. The standard InChI is InChI=1S/C25H27F3N6O4/c1-24(2,3)38-23(36)34-10-4-5-15(12-34)32-22-20-19(30-13-31-22)17(21(29)35)11-18(33-20)14-6-8-16(9-7-14)37-25(26,27)28/h6-9,11,13,15H,4-5,10,12H2,1-3H3,(H2,29,35)(H,30,31,32)/t15-/m0/s1. The number of carbonyl (C=O) groups excluding carboxylic acids is 2. The molecule has 0 saturated carbocycles. The van der Waals surface area contributed by atoms with E-state index in [1.807, 2.05) is 0 Å². The van der Waals surface area contributed by atoms with Crippen LogP contribution in [0.4, 0.5) is 23.8 Å². The third-order valence-electron chi connectivity index (χ3n) is 5.65. The summed E-state index contributed by atoms with van der Waals surface area (Å²) < 4.78 is 47.0. The van der Waals surface area contributed by atoms with Gasteiger partial charge in [0, 0.05) is 24.7 Å². The van der Waals surface area contributed by atoms with E-state index in [2.05, 4.69) is 25.0 Å². The number of hydrogen-bond acceptors (Lipinski definition) is 8. The zero-order valence-corrected chi connectivity index (χ0v) is 21.0. The van der Waals surface area contributed by atoms with Crippen molar-refractivity contribution >= 4 is 28.9 Å². The van der Waals surface area contributed by atoms with Crippen LogP contribution in [0.15, 0.2) is 36.7 Å². The number of rotatable bonds is 5. The predicted molar refractivity (Wildman–Crippen MR) is 132 cm³/mol. The minimum Gasteiger partial charge on any atom is -0.444 e. The van der Waals surface area contributed by atoms with Crippen molar-refractivity contribution in [1.82, 2.24) is 19.9 Å². The molecule has 0 aliphatic carbocycles. The van der Waals surface area contributed by atoms with Gasteiger partial charge in [0.05, 0.1) is 11.3 Å². The highest BCUT2D eigenvalue weighted by atomic mass is 19.4. The Morgan fingerprint density at radius 2 is 1.82 bits per heavy atom. The fraction of sp³-hybridized carbons (Fsp3) is 0.400. The number of fused-ring (bicyclic) bond motifs is 1. The first-order chi connectivity index (χ1) is 17.8. The van der Waals surface area contributed by atoms with Crippen LogP contribution in [0.2, 0.25) is 0 Å².